The Labute approximate surface area is 95.6 Å². The van der Waals surface area contributed by atoms with Gasteiger partial charge < -0.3 is 4.90 Å². The minimum atomic E-state index is -0.229. The first kappa shape index (κ1) is 11.1. The van der Waals surface area contributed by atoms with E-state index in [0.29, 0.717) is 5.84 Å². The molecule has 1 aromatic carbocycles. The van der Waals surface area contributed by atoms with E-state index in [4.69, 9.17) is 5.41 Å². The van der Waals surface area contributed by atoms with Crippen molar-refractivity contribution in [3.05, 3.63) is 35.1 Å². The quantitative estimate of drug-likeness (QED) is 0.571. The highest BCUT2D eigenvalue weighted by molar-refractivity contribution is 5.97. The van der Waals surface area contributed by atoms with Crippen molar-refractivity contribution in [1.29, 1.82) is 5.41 Å². The van der Waals surface area contributed by atoms with Gasteiger partial charge >= 0.3 is 0 Å². The van der Waals surface area contributed by atoms with Crippen LogP contribution >= 0.6 is 0 Å². The summed E-state index contributed by atoms with van der Waals surface area (Å²) in [7, 11) is 0. The molecule has 0 spiro atoms. The molecule has 2 nitrogen and oxygen atoms in total. The van der Waals surface area contributed by atoms with Gasteiger partial charge in [0.1, 0.15) is 11.7 Å². The Morgan fingerprint density at radius 3 is 2.56 bits per heavy atom. The van der Waals surface area contributed by atoms with Gasteiger partial charge in [-0.3, -0.25) is 5.41 Å². The third-order valence-corrected chi connectivity index (χ3v) is 3.12. The first-order chi connectivity index (χ1) is 7.68. The van der Waals surface area contributed by atoms with E-state index in [1.54, 1.807) is 6.07 Å². The van der Waals surface area contributed by atoms with Crippen LogP contribution in [0.5, 0.6) is 0 Å². The molecule has 1 aliphatic rings. The first-order valence-electron chi connectivity index (χ1n) is 5.78. The van der Waals surface area contributed by atoms with E-state index in [2.05, 4.69) is 4.90 Å². The maximum atomic E-state index is 13.0. The Balaban J connectivity index is 2.19. The number of benzene rings is 1. The molecule has 16 heavy (non-hydrogen) atoms. The number of nitrogens with zero attached hydrogens (tertiary/aromatic N) is 1. The minimum absolute atomic E-state index is 0.229. The zero-order valence-corrected chi connectivity index (χ0v) is 9.59. The summed E-state index contributed by atoms with van der Waals surface area (Å²) < 4.78 is 13.0. The normalized spacial score (nSPS) is 16.2. The van der Waals surface area contributed by atoms with Gasteiger partial charge in [-0.25, -0.2) is 4.39 Å². The molecule has 0 bridgehead atoms. The number of likely N-dealkylation sites (tertiary alicyclic amines) is 1. The fraction of sp³-hybridized carbons (Fsp3) is 0.462. The van der Waals surface area contributed by atoms with Gasteiger partial charge in [0.2, 0.25) is 0 Å². The Morgan fingerprint density at radius 1 is 1.25 bits per heavy atom. The molecule has 1 aliphatic heterocycles. The average Bonchev–Trinajstić information content (AvgIpc) is 2.29. The highest BCUT2D eigenvalue weighted by Gasteiger charge is 2.16. The number of hydrogen-bond acceptors (Lipinski definition) is 1. The van der Waals surface area contributed by atoms with Crippen LogP contribution in [0.2, 0.25) is 0 Å². The lowest BCUT2D eigenvalue weighted by Gasteiger charge is -2.29. The predicted octanol–water partition coefficient (Wildman–Crippen LogP) is 2.95. The lowest BCUT2D eigenvalue weighted by atomic mass is 10.0. The van der Waals surface area contributed by atoms with Crippen molar-refractivity contribution in [2.75, 3.05) is 13.1 Å². The summed E-state index contributed by atoms with van der Waals surface area (Å²) >= 11 is 0. The predicted molar refractivity (Wildman–Crippen MR) is 63.4 cm³/mol. The Bertz CT molecular complexity index is 395. The fourth-order valence-corrected chi connectivity index (χ4v) is 2.18. The smallest absolute Gasteiger partial charge is 0.128 e. The van der Waals surface area contributed by atoms with E-state index in [1.165, 1.54) is 18.6 Å². The van der Waals surface area contributed by atoms with Gasteiger partial charge in [-0.1, -0.05) is 0 Å². The van der Waals surface area contributed by atoms with Crippen LogP contribution in [0, 0.1) is 18.2 Å². The molecular weight excluding hydrogens is 203 g/mol. The molecule has 2 rings (SSSR count). The third-order valence-electron chi connectivity index (χ3n) is 3.12. The van der Waals surface area contributed by atoms with Gasteiger partial charge in [0.15, 0.2) is 0 Å². The third kappa shape index (κ3) is 2.23. The number of amidine groups is 1. The van der Waals surface area contributed by atoms with Gasteiger partial charge in [0.05, 0.1) is 0 Å². The van der Waals surface area contributed by atoms with Crippen LogP contribution in [0.4, 0.5) is 4.39 Å². The number of hydrogen-bond donors (Lipinski definition) is 1. The van der Waals surface area contributed by atoms with Gasteiger partial charge in [-0.2, -0.15) is 0 Å². The minimum Gasteiger partial charge on any atom is -0.357 e. The van der Waals surface area contributed by atoms with Crippen LogP contribution < -0.4 is 0 Å². The zero-order chi connectivity index (χ0) is 11.5. The molecule has 1 aromatic rings. The molecule has 0 saturated carbocycles. The molecule has 1 fully saturated rings. The highest BCUT2D eigenvalue weighted by atomic mass is 19.1. The molecule has 1 heterocycles. The van der Waals surface area contributed by atoms with Crippen molar-refractivity contribution in [2.45, 2.75) is 26.2 Å². The summed E-state index contributed by atoms with van der Waals surface area (Å²) in [5, 5.41) is 8.14. The second-order valence-corrected chi connectivity index (χ2v) is 4.36. The second-order valence-electron chi connectivity index (χ2n) is 4.36. The van der Waals surface area contributed by atoms with E-state index in [-0.39, 0.29) is 5.82 Å². The highest BCUT2D eigenvalue weighted by Crippen LogP contribution is 2.16. The number of halogens is 1. The fourth-order valence-electron chi connectivity index (χ4n) is 2.18. The van der Waals surface area contributed by atoms with Crippen molar-refractivity contribution >= 4 is 5.84 Å². The number of piperidine rings is 1. The summed E-state index contributed by atoms with van der Waals surface area (Å²) in [6.07, 6.45) is 3.57. The van der Waals surface area contributed by atoms with Crippen LogP contribution in [0.25, 0.3) is 0 Å². The first-order valence-corrected chi connectivity index (χ1v) is 5.78. The molecule has 86 valence electrons. The maximum absolute atomic E-state index is 13.0. The van der Waals surface area contributed by atoms with Crippen LogP contribution in [-0.2, 0) is 0 Å². The summed E-state index contributed by atoms with van der Waals surface area (Å²) in [4.78, 5) is 2.09. The topological polar surface area (TPSA) is 27.1 Å². The van der Waals surface area contributed by atoms with Crippen molar-refractivity contribution in [2.24, 2.45) is 0 Å². The average molecular weight is 220 g/mol. The summed E-state index contributed by atoms with van der Waals surface area (Å²) in [6, 6.07) is 4.64. The molecule has 0 aliphatic carbocycles. The van der Waals surface area contributed by atoms with Gasteiger partial charge in [-0.15, -0.1) is 0 Å². The number of rotatable bonds is 1. The summed E-state index contributed by atoms with van der Waals surface area (Å²) in [5.74, 6) is 0.310. The monoisotopic (exact) mass is 220 g/mol. The summed E-state index contributed by atoms with van der Waals surface area (Å²) in [5.41, 5.74) is 1.69. The van der Waals surface area contributed by atoms with Crippen LogP contribution in [0.3, 0.4) is 0 Å². The molecule has 1 saturated heterocycles. The van der Waals surface area contributed by atoms with E-state index < -0.39 is 0 Å². The van der Waals surface area contributed by atoms with Gasteiger partial charge in [-0.05, 0) is 49.9 Å². The van der Waals surface area contributed by atoms with Crippen LogP contribution in [0.15, 0.2) is 18.2 Å². The van der Waals surface area contributed by atoms with Crippen molar-refractivity contribution in [3.63, 3.8) is 0 Å². The lowest BCUT2D eigenvalue weighted by Crippen LogP contribution is -2.36. The largest absolute Gasteiger partial charge is 0.357 e. The number of nitrogens with one attached hydrogen (secondary N) is 1. The molecule has 0 unspecified atom stereocenters. The van der Waals surface area contributed by atoms with Crippen molar-refractivity contribution in [3.8, 4) is 0 Å². The second kappa shape index (κ2) is 4.64. The Kier molecular flexibility index (Phi) is 3.22. The van der Waals surface area contributed by atoms with E-state index in [9.17, 15) is 4.39 Å². The van der Waals surface area contributed by atoms with Gasteiger partial charge in [0, 0.05) is 18.7 Å². The Morgan fingerprint density at radius 2 is 1.94 bits per heavy atom. The zero-order valence-electron chi connectivity index (χ0n) is 9.59. The van der Waals surface area contributed by atoms with Gasteiger partial charge in [0.25, 0.3) is 0 Å². The van der Waals surface area contributed by atoms with E-state index in [1.807, 2.05) is 6.92 Å². The molecular formula is C13H17FN2. The molecule has 0 aromatic heterocycles. The summed E-state index contributed by atoms with van der Waals surface area (Å²) in [6.45, 7) is 3.77. The molecule has 1 N–H and O–H groups in total. The van der Waals surface area contributed by atoms with Crippen molar-refractivity contribution in [1.82, 2.24) is 4.90 Å². The molecule has 0 amide bonds. The van der Waals surface area contributed by atoms with Crippen LogP contribution in [-0.4, -0.2) is 23.8 Å². The maximum Gasteiger partial charge on any atom is 0.128 e. The Hall–Kier alpha value is -1.38. The molecule has 0 atom stereocenters. The van der Waals surface area contributed by atoms with E-state index in [0.717, 1.165) is 37.1 Å². The lowest BCUT2D eigenvalue weighted by molar-refractivity contribution is 0.341. The van der Waals surface area contributed by atoms with E-state index >= 15 is 0 Å². The van der Waals surface area contributed by atoms with Crippen molar-refractivity contribution < 1.29 is 4.39 Å². The standard InChI is InChI=1S/C13H17FN2/c1-10-9-11(14)5-6-12(10)13(15)16-7-3-2-4-8-16/h5-6,9,15H,2-4,7-8H2,1H3. The number of aryl methyl sites for hydroxylation is 1. The molecule has 0 radical (unpaired) electrons. The SMILES string of the molecule is Cc1cc(F)ccc1C(=N)N1CCCCC1. The van der Waals surface area contributed by atoms with Crippen LogP contribution in [0.1, 0.15) is 30.4 Å². The molecule has 3 heteroatoms.